The first-order chi connectivity index (χ1) is 13.8. The number of benzene rings is 2. The van der Waals surface area contributed by atoms with E-state index in [1.807, 2.05) is 13.8 Å². The molecule has 0 unspecified atom stereocenters. The van der Waals surface area contributed by atoms with Crippen molar-refractivity contribution >= 4 is 23.9 Å². The van der Waals surface area contributed by atoms with Crippen molar-refractivity contribution in [2.24, 2.45) is 0 Å². The summed E-state index contributed by atoms with van der Waals surface area (Å²) in [7, 11) is 0. The van der Waals surface area contributed by atoms with Crippen LogP contribution in [0.2, 0.25) is 0 Å². The third-order valence-electron chi connectivity index (χ3n) is 3.80. The number of rotatable bonds is 8. The average molecular weight is 398 g/mol. The lowest BCUT2D eigenvalue weighted by atomic mass is 10.2. The molecular weight excluding hydrogens is 376 g/mol. The lowest BCUT2D eigenvalue weighted by molar-refractivity contribution is -0.161. The maximum absolute atomic E-state index is 11.7. The molecule has 2 rings (SSSR count). The van der Waals surface area contributed by atoms with Crippen molar-refractivity contribution in [3.8, 4) is 11.5 Å². The van der Waals surface area contributed by atoms with Crippen molar-refractivity contribution in [2.45, 2.75) is 39.5 Å². The minimum absolute atomic E-state index is 0.227. The molecule has 0 aliphatic carbocycles. The van der Waals surface area contributed by atoms with Crippen LogP contribution in [0.1, 0.15) is 36.8 Å². The monoisotopic (exact) mass is 398 g/mol. The summed E-state index contributed by atoms with van der Waals surface area (Å²) in [5, 5.41) is 0. The van der Waals surface area contributed by atoms with Crippen LogP contribution in [0, 0.1) is 13.8 Å². The number of ether oxygens (including phenoxy) is 3. The normalized spacial score (nSPS) is 10.1. The number of aryl methyl sites for hydroxylation is 2. The maximum atomic E-state index is 11.7. The zero-order valence-electron chi connectivity index (χ0n) is 16.3. The number of esters is 4. The van der Waals surface area contributed by atoms with Crippen molar-refractivity contribution in [3.05, 3.63) is 59.7 Å². The lowest BCUT2D eigenvalue weighted by Crippen LogP contribution is -2.17. The number of carbonyl (C=O) groups excluding carboxylic acids is 4. The summed E-state index contributed by atoms with van der Waals surface area (Å²) in [4.78, 5) is 46.8. The van der Waals surface area contributed by atoms with Crippen LogP contribution >= 0.6 is 0 Å². The Labute approximate surface area is 168 Å². The van der Waals surface area contributed by atoms with Gasteiger partial charge in [0, 0.05) is 0 Å². The molecule has 0 N–H and O–H groups in total. The molecule has 0 atom stereocenters. The van der Waals surface area contributed by atoms with Gasteiger partial charge in [-0.1, -0.05) is 35.4 Å². The Hall–Kier alpha value is -3.48. The van der Waals surface area contributed by atoms with Crippen LogP contribution in [-0.4, -0.2) is 23.9 Å². The second-order valence-corrected chi connectivity index (χ2v) is 6.42. The van der Waals surface area contributed by atoms with Gasteiger partial charge in [-0.3, -0.25) is 19.2 Å². The summed E-state index contributed by atoms with van der Waals surface area (Å²) in [5.74, 6) is -2.19. The molecule has 2 aromatic rings. The molecule has 0 heterocycles. The number of carbonyl (C=O) groups is 4. The average Bonchev–Trinajstić information content (AvgIpc) is 2.68. The molecule has 0 bridgehead atoms. The third kappa shape index (κ3) is 8.38. The summed E-state index contributed by atoms with van der Waals surface area (Å²) in [6.07, 6.45) is -1.06. The van der Waals surface area contributed by atoms with Crippen molar-refractivity contribution in [2.75, 3.05) is 0 Å². The van der Waals surface area contributed by atoms with Crippen LogP contribution in [0.15, 0.2) is 48.5 Å². The molecule has 0 amide bonds. The standard InChI is InChI=1S/C22H22O7/c1-15-3-7-17(8-4-15)27-19(23)11-13-21(25)29-22(26)14-12-20(24)28-18-9-5-16(2)6-10-18/h3-10H,11-14H2,1-2H3. The van der Waals surface area contributed by atoms with Crippen LogP contribution < -0.4 is 9.47 Å². The van der Waals surface area contributed by atoms with E-state index in [-0.39, 0.29) is 25.7 Å². The van der Waals surface area contributed by atoms with Gasteiger partial charge in [0.05, 0.1) is 25.7 Å². The van der Waals surface area contributed by atoms with Crippen molar-refractivity contribution in [3.63, 3.8) is 0 Å². The fraction of sp³-hybridized carbons (Fsp3) is 0.273. The summed E-state index contributed by atoms with van der Waals surface area (Å²) in [6, 6.07) is 13.7. The van der Waals surface area contributed by atoms with Crippen LogP contribution in [0.5, 0.6) is 11.5 Å². The van der Waals surface area contributed by atoms with Gasteiger partial charge < -0.3 is 14.2 Å². The van der Waals surface area contributed by atoms with E-state index < -0.39 is 23.9 Å². The topological polar surface area (TPSA) is 96.0 Å². The second-order valence-electron chi connectivity index (χ2n) is 6.42. The Balaban J connectivity index is 1.64. The third-order valence-corrected chi connectivity index (χ3v) is 3.80. The molecule has 0 spiro atoms. The quantitative estimate of drug-likeness (QED) is 0.382. The first-order valence-corrected chi connectivity index (χ1v) is 9.10. The maximum Gasteiger partial charge on any atom is 0.314 e. The van der Waals surface area contributed by atoms with Crippen LogP contribution in [0.4, 0.5) is 0 Å². The Morgan fingerprint density at radius 1 is 0.552 bits per heavy atom. The molecule has 0 aliphatic rings. The molecule has 7 heteroatoms. The van der Waals surface area contributed by atoms with Gasteiger partial charge in [-0.15, -0.1) is 0 Å². The van der Waals surface area contributed by atoms with E-state index in [2.05, 4.69) is 4.74 Å². The molecule has 0 fully saturated rings. The first-order valence-electron chi connectivity index (χ1n) is 9.10. The zero-order valence-corrected chi connectivity index (χ0v) is 16.3. The summed E-state index contributed by atoms with van der Waals surface area (Å²) in [6.45, 7) is 3.81. The van der Waals surface area contributed by atoms with E-state index in [1.54, 1.807) is 48.5 Å². The van der Waals surface area contributed by atoms with Gasteiger partial charge in [-0.2, -0.15) is 0 Å². The minimum Gasteiger partial charge on any atom is -0.427 e. The van der Waals surface area contributed by atoms with E-state index in [9.17, 15) is 19.2 Å². The molecule has 0 saturated carbocycles. The van der Waals surface area contributed by atoms with Gasteiger partial charge in [-0.05, 0) is 38.1 Å². The van der Waals surface area contributed by atoms with Crippen molar-refractivity contribution in [1.29, 1.82) is 0 Å². The SMILES string of the molecule is Cc1ccc(OC(=O)CCC(=O)OC(=O)CCC(=O)Oc2ccc(C)cc2)cc1. The van der Waals surface area contributed by atoms with Crippen molar-refractivity contribution < 1.29 is 33.4 Å². The number of hydrogen-bond donors (Lipinski definition) is 0. The summed E-state index contributed by atoms with van der Waals surface area (Å²) >= 11 is 0. The molecule has 152 valence electrons. The zero-order chi connectivity index (χ0) is 21.2. The molecule has 0 aliphatic heterocycles. The van der Waals surface area contributed by atoms with Crippen LogP contribution in [0.3, 0.4) is 0 Å². The van der Waals surface area contributed by atoms with Gasteiger partial charge in [-0.25, -0.2) is 0 Å². The molecule has 29 heavy (non-hydrogen) atoms. The molecule has 0 saturated heterocycles. The summed E-state index contributed by atoms with van der Waals surface area (Å²) in [5.41, 5.74) is 2.05. The van der Waals surface area contributed by atoms with Gasteiger partial charge in [0.2, 0.25) is 0 Å². The van der Waals surface area contributed by atoms with E-state index in [4.69, 9.17) is 9.47 Å². The highest BCUT2D eigenvalue weighted by Crippen LogP contribution is 2.14. The highest BCUT2D eigenvalue weighted by atomic mass is 16.6. The van der Waals surface area contributed by atoms with Gasteiger partial charge in [0.25, 0.3) is 0 Å². The van der Waals surface area contributed by atoms with E-state index in [0.29, 0.717) is 11.5 Å². The van der Waals surface area contributed by atoms with E-state index >= 15 is 0 Å². The molecule has 0 radical (unpaired) electrons. The van der Waals surface area contributed by atoms with Crippen molar-refractivity contribution in [1.82, 2.24) is 0 Å². The largest absolute Gasteiger partial charge is 0.427 e. The number of hydrogen-bond acceptors (Lipinski definition) is 7. The minimum atomic E-state index is -0.859. The fourth-order valence-corrected chi connectivity index (χ4v) is 2.21. The van der Waals surface area contributed by atoms with Crippen LogP contribution in [-0.2, 0) is 23.9 Å². The van der Waals surface area contributed by atoms with Crippen LogP contribution in [0.25, 0.3) is 0 Å². The first kappa shape index (κ1) is 21.8. The predicted octanol–water partition coefficient (Wildman–Crippen LogP) is 3.44. The fourth-order valence-electron chi connectivity index (χ4n) is 2.21. The smallest absolute Gasteiger partial charge is 0.314 e. The van der Waals surface area contributed by atoms with Gasteiger partial charge >= 0.3 is 23.9 Å². The predicted molar refractivity (Wildman–Crippen MR) is 103 cm³/mol. The Bertz CT molecular complexity index is 794. The second kappa shape index (κ2) is 10.8. The molecule has 0 aromatic heterocycles. The Morgan fingerprint density at radius 3 is 1.21 bits per heavy atom. The highest BCUT2D eigenvalue weighted by molar-refractivity contribution is 5.89. The Kier molecular flexibility index (Phi) is 8.09. The molecule has 7 nitrogen and oxygen atoms in total. The lowest BCUT2D eigenvalue weighted by Gasteiger charge is -2.06. The van der Waals surface area contributed by atoms with Gasteiger partial charge in [0.1, 0.15) is 11.5 Å². The molecule has 2 aromatic carbocycles. The highest BCUT2D eigenvalue weighted by Gasteiger charge is 2.16. The van der Waals surface area contributed by atoms with Gasteiger partial charge in [0.15, 0.2) is 0 Å². The van der Waals surface area contributed by atoms with E-state index in [1.165, 1.54) is 0 Å². The molecular formula is C22H22O7. The van der Waals surface area contributed by atoms with E-state index in [0.717, 1.165) is 11.1 Å². The Morgan fingerprint density at radius 2 is 0.862 bits per heavy atom. The summed E-state index contributed by atoms with van der Waals surface area (Å²) < 4.78 is 14.7.